The molecule has 1 amide bonds. The highest BCUT2D eigenvalue weighted by Crippen LogP contribution is 2.27. The largest absolute Gasteiger partial charge is 0.497 e. The molecule has 0 spiro atoms. The zero-order valence-corrected chi connectivity index (χ0v) is 19.3. The SMILES string of the molecule is COc1ccc(OCCNC(=O)c2cccc(NS(=O)(=O)c3cc(Cl)ccc3Cl)c2)cc1. The molecule has 3 aromatic carbocycles. The number of ether oxygens (including phenoxy) is 2. The van der Waals surface area contributed by atoms with E-state index in [2.05, 4.69) is 10.0 Å². The molecule has 168 valence electrons. The van der Waals surface area contributed by atoms with Gasteiger partial charge in [0.15, 0.2) is 0 Å². The summed E-state index contributed by atoms with van der Waals surface area (Å²) in [5, 5.41) is 3.00. The maximum absolute atomic E-state index is 12.7. The molecule has 3 aromatic rings. The first-order valence-electron chi connectivity index (χ1n) is 9.41. The van der Waals surface area contributed by atoms with Crippen LogP contribution < -0.4 is 19.5 Å². The highest BCUT2D eigenvalue weighted by molar-refractivity contribution is 7.92. The number of anilines is 1. The second-order valence-electron chi connectivity index (χ2n) is 6.54. The first kappa shape index (κ1) is 23.7. The molecule has 0 aliphatic heterocycles. The van der Waals surface area contributed by atoms with E-state index in [1.54, 1.807) is 43.5 Å². The molecule has 0 unspecified atom stereocenters. The van der Waals surface area contributed by atoms with E-state index in [0.717, 1.165) is 5.75 Å². The molecule has 0 saturated carbocycles. The summed E-state index contributed by atoms with van der Waals surface area (Å²) in [6.45, 7) is 0.524. The number of rotatable bonds is 9. The van der Waals surface area contributed by atoms with E-state index >= 15 is 0 Å². The molecule has 0 heterocycles. The highest BCUT2D eigenvalue weighted by Gasteiger charge is 2.19. The Morgan fingerprint density at radius 1 is 0.969 bits per heavy atom. The maximum atomic E-state index is 12.7. The van der Waals surface area contributed by atoms with Crippen LogP contribution in [-0.4, -0.2) is 34.6 Å². The van der Waals surface area contributed by atoms with Gasteiger partial charge in [0, 0.05) is 16.3 Å². The zero-order chi connectivity index (χ0) is 23.1. The molecule has 2 N–H and O–H groups in total. The lowest BCUT2D eigenvalue weighted by molar-refractivity contribution is 0.0947. The van der Waals surface area contributed by atoms with Gasteiger partial charge in [-0.3, -0.25) is 9.52 Å². The van der Waals surface area contributed by atoms with Gasteiger partial charge in [-0.15, -0.1) is 0 Å². The van der Waals surface area contributed by atoms with Gasteiger partial charge in [-0.05, 0) is 60.7 Å². The fraction of sp³-hybridized carbons (Fsp3) is 0.136. The van der Waals surface area contributed by atoms with E-state index in [-0.39, 0.29) is 45.3 Å². The molecule has 0 radical (unpaired) electrons. The molecule has 0 atom stereocenters. The molecule has 32 heavy (non-hydrogen) atoms. The van der Waals surface area contributed by atoms with Gasteiger partial charge in [-0.2, -0.15) is 0 Å². The van der Waals surface area contributed by atoms with Crippen molar-refractivity contribution >= 4 is 44.8 Å². The number of hydrogen-bond donors (Lipinski definition) is 2. The lowest BCUT2D eigenvalue weighted by atomic mass is 10.2. The highest BCUT2D eigenvalue weighted by atomic mass is 35.5. The van der Waals surface area contributed by atoms with Crippen LogP contribution in [-0.2, 0) is 10.0 Å². The van der Waals surface area contributed by atoms with Crippen molar-refractivity contribution in [2.45, 2.75) is 4.90 Å². The minimum absolute atomic E-state index is 0.0349. The third kappa shape index (κ3) is 6.29. The summed E-state index contributed by atoms with van der Waals surface area (Å²) in [7, 11) is -2.41. The van der Waals surface area contributed by atoms with E-state index in [1.807, 2.05) is 0 Å². The molecular weight excluding hydrogens is 475 g/mol. The Balaban J connectivity index is 1.58. The summed E-state index contributed by atoms with van der Waals surface area (Å²) < 4.78 is 38.4. The Morgan fingerprint density at radius 3 is 2.41 bits per heavy atom. The molecule has 0 aliphatic carbocycles. The van der Waals surface area contributed by atoms with Gasteiger partial charge in [0.2, 0.25) is 0 Å². The van der Waals surface area contributed by atoms with E-state index in [0.29, 0.717) is 5.75 Å². The molecule has 0 aromatic heterocycles. The van der Waals surface area contributed by atoms with Crippen molar-refractivity contribution in [3.8, 4) is 11.5 Å². The van der Waals surface area contributed by atoms with Crippen LogP contribution >= 0.6 is 23.2 Å². The molecule has 10 heteroatoms. The van der Waals surface area contributed by atoms with Gasteiger partial charge in [-0.1, -0.05) is 29.3 Å². The Morgan fingerprint density at radius 2 is 1.69 bits per heavy atom. The Labute approximate surface area is 196 Å². The van der Waals surface area contributed by atoms with E-state index in [4.69, 9.17) is 32.7 Å². The van der Waals surface area contributed by atoms with Crippen molar-refractivity contribution < 1.29 is 22.7 Å². The lowest BCUT2D eigenvalue weighted by Gasteiger charge is -2.11. The number of sulfonamides is 1. The molecule has 0 saturated heterocycles. The summed E-state index contributed by atoms with van der Waals surface area (Å²) in [5.74, 6) is 1.00. The summed E-state index contributed by atoms with van der Waals surface area (Å²) in [4.78, 5) is 12.3. The van der Waals surface area contributed by atoms with Crippen molar-refractivity contribution in [2.75, 3.05) is 25.0 Å². The topological polar surface area (TPSA) is 93.7 Å². The van der Waals surface area contributed by atoms with Gasteiger partial charge in [0.05, 0.1) is 18.7 Å². The van der Waals surface area contributed by atoms with E-state index < -0.39 is 10.0 Å². The molecular formula is C22H20Cl2N2O5S. The number of benzene rings is 3. The van der Waals surface area contributed by atoms with Crippen LogP contribution in [0.25, 0.3) is 0 Å². The number of methoxy groups -OCH3 is 1. The minimum Gasteiger partial charge on any atom is -0.497 e. The summed E-state index contributed by atoms with van der Waals surface area (Å²) in [6.07, 6.45) is 0. The molecule has 0 fully saturated rings. The summed E-state index contributed by atoms with van der Waals surface area (Å²) in [6, 6.07) is 17.3. The van der Waals surface area contributed by atoms with Crippen LogP contribution in [0.2, 0.25) is 10.0 Å². The zero-order valence-electron chi connectivity index (χ0n) is 17.0. The number of carbonyl (C=O) groups is 1. The number of amides is 1. The quantitative estimate of drug-likeness (QED) is 0.423. The monoisotopic (exact) mass is 494 g/mol. The Kier molecular flexibility index (Phi) is 7.84. The van der Waals surface area contributed by atoms with E-state index in [9.17, 15) is 13.2 Å². The summed E-state index contributed by atoms with van der Waals surface area (Å²) in [5.41, 5.74) is 0.495. The fourth-order valence-corrected chi connectivity index (χ4v) is 4.54. The van der Waals surface area contributed by atoms with Crippen molar-refractivity contribution in [3.63, 3.8) is 0 Å². The van der Waals surface area contributed by atoms with Gasteiger partial charge in [0.1, 0.15) is 23.0 Å². The second kappa shape index (κ2) is 10.6. The van der Waals surface area contributed by atoms with Crippen LogP contribution in [0.4, 0.5) is 5.69 Å². The number of halogens is 2. The first-order valence-corrected chi connectivity index (χ1v) is 11.7. The average molecular weight is 495 g/mol. The normalized spacial score (nSPS) is 11.0. The maximum Gasteiger partial charge on any atom is 0.263 e. The molecule has 7 nitrogen and oxygen atoms in total. The van der Waals surface area contributed by atoms with Gasteiger partial charge in [0.25, 0.3) is 15.9 Å². The predicted octanol–water partition coefficient (Wildman–Crippen LogP) is 4.61. The van der Waals surface area contributed by atoms with Crippen LogP contribution in [0.15, 0.2) is 71.6 Å². The van der Waals surface area contributed by atoms with Crippen LogP contribution in [0, 0.1) is 0 Å². The van der Waals surface area contributed by atoms with Crippen molar-refractivity contribution in [1.29, 1.82) is 0 Å². The number of carbonyl (C=O) groups excluding carboxylic acids is 1. The van der Waals surface area contributed by atoms with Crippen molar-refractivity contribution in [2.24, 2.45) is 0 Å². The third-order valence-corrected chi connectivity index (χ3v) is 6.37. The number of hydrogen-bond acceptors (Lipinski definition) is 5. The van der Waals surface area contributed by atoms with Gasteiger partial charge >= 0.3 is 0 Å². The first-order chi connectivity index (χ1) is 15.3. The van der Waals surface area contributed by atoms with Crippen molar-refractivity contribution in [3.05, 3.63) is 82.3 Å². The van der Waals surface area contributed by atoms with Crippen LogP contribution in [0.3, 0.4) is 0 Å². The second-order valence-corrected chi connectivity index (χ2v) is 9.04. The molecule has 3 rings (SSSR count). The third-order valence-electron chi connectivity index (χ3n) is 4.28. The average Bonchev–Trinajstić information content (AvgIpc) is 2.78. The van der Waals surface area contributed by atoms with E-state index in [1.165, 1.54) is 30.3 Å². The molecule has 0 aliphatic rings. The van der Waals surface area contributed by atoms with Crippen LogP contribution in [0.5, 0.6) is 11.5 Å². The summed E-state index contributed by atoms with van der Waals surface area (Å²) >= 11 is 11.9. The number of nitrogens with one attached hydrogen (secondary N) is 2. The van der Waals surface area contributed by atoms with Crippen molar-refractivity contribution in [1.82, 2.24) is 5.32 Å². The van der Waals surface area contributed by atoms with Gasteiger partial charge in [-0.25, -0.2) is 8.42 Å². The Hall–Kier alpha value is -2.94. The standard InChI is InChI=1S/C22H20Cl2N2O5S/c1-30-18-6-8-19(9-7-18)31-12-11-25-22(27)15-3-2-4-17(13-15)26-32(28,29)21-14-16(23)5-10-20(21)24/h2-10,13-14,26H,11-12H2,1H3,(H,25,27). The minimum atomic E-state index is -3.99. The van der Waals surface area contributed by atoms with Crippen LogP contribution in [0.1, 0.15) is 10.4 Å². The predicted molar refractivity (Wildman–Crippen MR) is 125 cm³/mol. The fourth-order valence-electron chi connectivity index (χ4n) is 2.72. The Bertz CT molecular complexity index is 1200. The lowest BCUT2D eigenvalue weighted by Crippen LogP contribution is -2.28. The van der Waals surface area contributed by atoms with Gasteiger partial charge < -0.3 is 14.8 Å². The smallest absolute Gasteiger partial charge is 0.263 e. The molecule has 0 bridgehead atoms.